The quantitative estimate of drug-likeness (QED) is 0.417. The standard InChI is InChI=1S/C26H40O4/c1-17(27)30-20-12-14-26(3)19(16-20)8-10-21-22-11-9-18(6-5-7-24(28)29-4)25(22,2)15-13-23(21)26/h13,18-22H,5-12,14-16H2,1-4H3/t18-,19+,20+,21?,22?,25+,26-/m0/s1. The van der Waals surface area contributed by atoms with E-state index < -0.39 is 0 Å². The number of hydrogen-bond donors (Lipinski definition) is 0. The van der Waals surface area contributed by atoms with Gasteiger partial charge < -0.3 is 9.47 Å². The molecule has 0 radical (unpaired) electrons. The first-order valence-corrected chi connectivity index (χ1v) is 12.2. The summed E-state index contributed by atoms with van der Waals surface area (Å²) in [6.07, 6.45) is 15.1. The fourth-order valence-corrected chi connectivity index (χ4v) is 8.00. The van der Waals surface area contributed by atoms with Gasteiger partial charge in [-0.3, -0.25) is 9.59 Å². The lowest BCUT2D eigenvalue weighted by molar-refractivity contribution is -0.151. The second-order valence-electron chi connectivity index (χ2n) is 11.0. The van der Waals surface area contributed by atoms with Crippen molar-refractivity contribution in [2.24, 2.45) is 34.5 Å². The lowest BCUT2D eigenvalue weighted by atomic mass is 9.48. The number of allylic oxidation sites excluding steroid dienone is 2. The van der Waals surface area contributed by atoms with E-state index in [1.165, 1.54) is 46.1 Å². The summed E-state index contributed by atoms with van der Waals surface area (Å²) in [5.74, 6) is 2.71. The van der Waals surface area contributed by atoms with Crippen LogP contribution in [0.15, 0.2) is 11.6 Å². The number of hydrogen-bond acceptors (Lipinski definition) is 4. The maximum absolute atomic E-state index is 11.5. The molecule has 4 nitrogen and oxygen atoms in total. The van der Waals surface area contributed by atoms with E-state index in [0.29, 0.717) is 23.2 Å². The first kappa shape index (κ1) is 21.9. The first-order valence-electron chi connectivity index (χ1n) is 12.2. The van der Waals surface area contributed by atoms with E-state index >= 15 is 0 Å². The number of esters is 2. The largest absolute Gasteiger partial charge is 0.469 e. The van der Waals surface area contributed by atoms with Crippen LogP contribution < -0.4 is 0 Å². The highest BCUT2D eigenvalue weighted by Crippen LogP contribution is 2.66. The van der Waals surface area contributed by atoms with Crippen LogP contribution >= 0.6 is 0 Å². The Hall–Kier alpha value is -1.32. The molecule has 0 aliphatic heterocycles. The molecule has 4 rings (SSSR count). The maximum atomic E-state index is 11.5. The average Bonchev–Trinajstić information content (AvgIpc) is 3.04. The normalized spacial score (nSPS) is 42.4. The van der Waals surface area contributed by atoms with Gasteiger partial charge in [-0.25, -0.2) is 0 Å². The minimum Gasteiger partial charge on any atom is -0.469 e. The second-order valence-corrected chi connectivity index (χ2v) is 11.0. The van der Waals surface area contributed by atoms with Crippen LogP contribution in [-0.4, -0.2) is 25.2 Å². The predicted molar refractivity (Wildman–Crippen MR) is 117 cm³/mol. The summed E-state index contributed by atoms with van der Waals surface area (Å²) >= 11 is 0. The lowest BCUT2D eigenvalue weighted by Gasteiger charge is -2.57. The molecular formula is C26H40O4. The minimum atomic E-state index is -0.130. The number of fused-ring (bicyclic) bond motifs is 5. The highest BCUT2D eigenvalue weighted by Gasteiger charge is 2.57. The Bertz CT molecular complexity index is 712. The molecule has 0 spiro atoms. The van der Waals surface area contributed by atoms with Gasteiger partial charge in [-0.1, -0.05) is 25.5 Å². The third-order valence-electron chi connectivity index (χ3n) is 9.67. The molecule has 168 valence electrons. The van der Waals surface area contributed by atoms with E-state index in [2.05, 4.69) is 19.9 Å². The SMILES string of the molecule is COC(=O)CCC[C@H]1CCC2C3CC[C@@H]4C[C@H](OC(C)=O)CC[C@]4(C)C3=CC[C@@]21C. The average molecular weight is 417 g/mol. The van der Waals surface area contributed by atoms with E-state index in [0.717, 1.165) is 49.9 Å². The molecule has 0 amide bonds. The zero-order chi connectivity index (χ0) is 21.5. The minimum absolute atomic E-state index is 0.0730. The fourth-order valence-electron chi connectivity index (χ4n) is 8.00. The zero-order valence-electron chi connectivity index (χ0n) is 19.4. The van der Waals surface area contributed by atoms with E-state index in [4.69, 9.17) is 9.47 Å². The van der Waals surface area contributed by atoms with Crippen molar-refractivity contribution >= 4 is 11.9 Å². The molecule has 0 aromatic heterocycles. The van der Waals surface area contributed by atoms with Gasteiger partial charge >= 0.3 is 11.9 Å². The van der Waals surface area contributed by atoms with Crippen molar-refractivity contribution in [3.8, 4) is 0 Å². The summed E-state index contributed by atoms with van der Waals surface area (Å²) in [6.45, 7) is 6.58. The van der Waals surface area contributed by atoms with Crippen molar-refractivity contribution < 1.29 is 19.1 Å². The summed E-state index contributed by atoms with van der Waals surface area (Å²) < 4.78 is 10.4. The number of rotatable bonds is 5. The fraction of sp³-hybridized carbons (Fsp3) is 0.846. The molecule has 0 aromatic rings. The van der Waals surface area contributed by atoms with Crippen LogP contribution in [0.5, 0.6) is 0 Å². The molecule has 3 saturated carbocycles. The van der Waals surface area contributed by atoms with Crippen molar-refractivity contribution in [1.29, 1.82) is 0 Å². The molecule has 0 saturated heterocycles. The number of methoxy groups -OCH3 is 1. The molecule has 0 bridgehead atoms. The van der Waals surface area contributed by atoms with Gasteiger partial charge in [0.15, 0.2) is 0 Å². The van der Waals surface area contributed by atoms with Gasteiger partial charge in [-0.15, -0.1) is 0 Å². The number of carbonyl (C=O) groups is 2. The Morgan fingerprint density at radius 3 is 2.67 bits per heavy atom. The van der Waals surface area contributed by atoms with Crippen molar-refractivity contribution in [2.45, 2.75) is 97.5 Å². The Kier molecular flexibility index (Phi) is 6.07. The smallest absolute Gasteiger partial charge is 0.305 e. The summed E-state index contributed by atoms with van der Waals surface area (Å²) in [4.78, 5) is 23.0. The van der Waals surface area contributed by atoms with Gasteiger partial charge in [0.1, 0.15) is 6.10 Å². The second kappa shape index (κ2) is 8.31. The molecule has 4 aliphatic carbocycles. The molecule has 2 unspecified atom stereocenters. The third kappa shape index (κ3) is 3.73. The highest BCUT2D eigenvalue weighted by atomic mass is 16.5. The highest BCUT2D eigenvalue weighted by molar-refractivity contribution is 5.69. The summed E-state index contributed by atoms with van der Waals surface area (Å²) in [7, 11) is 1.49. The number of carbonyl (C=O) groups excluding carboxylic acids is 2. The zero-order valence-corrected chi connectivity index (χ0v) is 19.4. The van der Waals surface area contributed by atoms with Gasteiger partial charge in [0, 0.05) is 13.3 Å². The van der Waals surface area contributed by atoms with Crippen LogP contribution in [0.2, 0.25) is 0 Å². The molecule has 0 heterocycles. The van der Waals surface area contributed by atoms with E-state index in [-0.39, 0.29) is 18.0 Å². The third-order valence-corrected chi connectivity index (χ3v) is 9.67. The maximum Gasteiger partial charge on any atom is 0.305 e. The van der Waals surface area contributed by atoms with Crippen LogP contribution in [0.1, 0.15) is 91.4 Å². The summed E-state index contributed by atoms with van der Waals surface area (Å²) in [5, 5.41) is 0. The van der Waals surface area contributed by atoms with E-state index in [1.54, 1.807) is 5.57 Å². The van der Waals surface area contributed by atoms with Crippen LogP contribution in [0.4, 0.5) is 0 Å². The molecule has 0 N–H and O–H groups in total. The Balaban J connectivity index is 1.47. The van der Waals surface area contributed by atoms with Gasteiger partial charge in [0.05, 0.1) is 7.11 Å². The molecular weight excluding hydrogens is 376 g/mol. The molecule has 4 aliphatic rings. The van der Waals surface area contributed by atoms with Crippen LogP contribution in [0, 0.1) is 34.5 Å². The Morgan fingerprint density at radius 1 is 1.13 bits per heavy atom. The van der Waals surface area contributed by atoms with Crippen LogP contribution in [-0.2, 0) is 19.1 Å². The first-order chi connectivity index (χ1) is 14.3. The lowest BCUT2D eigenvalue weighted by Crippen LogP contribution is -2.48. The number of ether oxygens (including phenoxy) is 2. The Morgan fingerprint density at radius 2 is 1.93 bits per heavy atom. The Labute approximate surface area is 182 Å². The van der Waals surface area contributed by atoms with Crippen LogP contribution in [0.25, 0.3) is 0 Å². The van der Waals surface area contributed by atoms with Crippen molar-refractivity contribution in [3.05, 3.63) is 11.6 Å². The monoisotopic (exact) mass is 416 g/mol. The molecule has 3 fully saturated rings. The van der Waals surface area contributed by atoms with Crippen molar-refractivity contribution in [3.63, 3.8) is 0 Å². The predicted octanol–water partition coefficient (Wildman–Crippen LogP) is 5.84. The molecule has 30 heavy (non-hydrogen) atoms. The van der Waals surface area contributed by atoms with Gasteiger partial charge in [-0.05, 0) is 98.7 Å². The van der Waals surface area contributed by atoms with Crippen molar-refractivity contribution in [1.82, 2.24) is 0 Å². The summed E-state index contributed by atoms with van der Waals surface area (Å²) in [5.41, 5.74) is 2.43. The van der Waals surface area contributed by atoms with E-state index in [1.807, 2.05) is 0 Å². The van der Waals surface area contributed by atoms with E-state index in [9.17, 15) is 9.59 Å². The van der Waals surface area contributed by atoms with Crippen LogP contribution in [0.3, 0.4) is 0 Å². The summed E-state index contributed by atoms with van der Waals surface area (Å²) in [6, 6.07) is 0. The molecule has 0 aromatic carbocycles. The van der Waals surface area contributed by atoms with Crippen molar-refractivity contribution in [2.75, 3.05) is 7.11 Å². The van der Waals surface area contributed by atoms with Gasteiger partial charge in [-0.2, -0.15) is 0 Å². The van der Waals surface area contributed by atoms with Gasteiger partial charge in [0.25, 0.3) is 0 Å². The van der Waals surface area contributed by atoms with Gasteiger partial charge in [0.2, 0.25) is 0 Å². The topological polar surface area (TPSA) is 52.6 Å². The molecule has 7 atom stereocenters. The molecule has 4 heteroatoms.